The molecule has 3 aromatic rings. The third kappa shape index (κ3) is 6.77. The van der Waals surface area contributed by atoms with Gasteiger partial charge in [0.2, 0.25) is 5.91 Å². The van der Waals surface area contributed by atoms with Crippen molar-refractivity contribution in [2.24, 2.45) is 16.6 Å². The Morgan fingerprint density at radius 3 is 2.00 bits per heavy atom. The van der Waals surface area contributed by atoms with Crippen molar-refractivity contribution >= 4 is 62.4 Å². The van der Waals surface area contributed by atoms with Crippen molar-refractivity contribution in [3.05, 3.63) is 92.4 Å². The van der Waals surface area contributed by atoms with Crippen LogP contribution in [0.5, 0.6) is 5.75 Å². The van der Waals surface area contributed by atoms with Crippen LogP contribution < -0.4 is 10.5 Å². The minimum atomic E-state index is -3.80. The zero-order valence-corrected chi connectivity index (χ0v) is 30.6. The van der Waals surface area contributed by atoms with E-state index >= 15 is 4.79 Å². The van der Waals surface area contributed by atoms with Gasteiger partial charge in [0.05, 0.1) is 21.6 Å². The maximum absolute atomic E-state index is 15.1. The Morgan fingerprint density at radius 2 is 1.50 bits per heavy atom. The first-order valence-electron chi connectivity index (χ1n) is 15.7. The number of piperidine rings is 1. The molecule has 2 N–H and O–H groups in total. The van der Waals surface area contributed by atoms with Gasteiger partial charge in [0.1, 0.15) is 22.7 Å². The minimum Gasteiger partial charge on any atom is -0.490 e. The molecule has 2 atom stereocenters. The molecule has 0 aromatic heterocycles. The molecule has 1 fully saturated rings. The highest BCUT2D eigenvalue weighted by Crippen LogP contribution is 2.54. The Labute approximate surface area is 296 Å². The summed E-state index contributed by atoms with van der Waals surface area (Å²) < 4.78 is 32.2. The van der Waals surface area contributed by atoms with E-state index in [9.17, 15) is 13.2 Å². The summed E-state index contributed by atoms with van der Waals surface area (Å²) in [5, 5.41) is 1.05. The van der Waals surface area contributed by atoms with E-state index in [2.05, 4.69) is 0 Å². The van der Waals surface area contributed by atoms with Gasteiger partial charge in [-0.15, -0.1) is 0 Å². The number of amidine groups is 1. The number of hydrogen-bond donors (Lipinski definition) is 1. The number of urea groups is 1. The van der Waals surface area contributed by atoms with Crippen LogP contribution in [0.25, 0.3) is 0 Å². The Balaban J connectivity index is 1.80. The smallest absolute Gasteiger partial charge is 0.326 e. The lowest BCUT2D eigenvalue weighted by molar-refractivity contribution is -0.119. The van der Waals surface area contributed by atoms with Gasteiger partial charge in [0.15, 0.2) is 9.84 Å². The highest BCUT2D eigenvalue weighted by Gasteiger charge is 2.60. The van der Waals surface area contributed by atoms with Crippen LogP contribution in [0.4, 0.5) is 4.79 Å². The number of nitrogens with zero attached hydrogens (tertiary/aromatic N) is 3. The number of amides is 3. The molecule has 13 heteroatoms. The SMILES string of the molecule is CC(C)Oc1cc(Cl)c(S(C)(=O)=O)cc1C1=NC(C)(c2ccc(Cl)cc2)C(C)(c2ccc(Cl)cc2)N1C(=O)N1CCC(CC(N)=O)CC1. The average Bonchev–Trinajstić information content (AvgIpc) is 3.24. The summed E-state index contributed by atoms with van der Waals surface area (Å²) in [5.74, 6) is 0.189. The molecule has 2 aliphatic heterocycles. The van der Waals surface area contributed by atoms with Crippen molar-refractivity contribution < 1.29 is 22.7 Å². The molecule has 2 aliphatic rings. The molecule has 0 spiro atoms. The van der Waals surface area contributed by atoms with Crippen molar-refractivity contribution in [1.29, 1.82) is 0 Å². The highest BCUT2D eigenvalue weighted by molar-refractivity contribution is 7.90. The van der Waals surface area contributed by atoms with Crippen LogP contribution in [0, 0.1) is 5.92 Å². The van der Waals surface area contributed by atoms with Crippen LogP contribution in [-0.2, 0) is 25.7 Å². The number of benzene rings is 3. The molecule has 5 rings (SSSR count). The van der Waals surface area contributed by atoms with E-state index < -0.39 is 20.9 Å². The van der Waals surface area contributed by atoms with Crippen molar-refractivity contribution in [1.82, 2.24) is 9.80 Å². The summed E-state index contributed by atoms with van der Waals surface area (Å²) in [7, 11) is -3.80. The molecule has 0 bridgehead atoms. The summed E-state index contributed by atoms with van der Waals surface area (Å²) in [6, 6.07) is 17.1. The van der Waals surface area contributed by atoms with Crippen molar-refractivity contribution in [2.75, 3.05) is 19.3 Å². The number of sulfone groups is 1. The van der Waals surface area contributed by atoms with E-state index in [0.717, 1.165) is 17.4 Å². The van der Waals surface area contributed by atoms with Crippen LogP contribution in [0.15, 0.2) is 70.6 Å². The standard InChI is InChI=1S/C35H39Cl3N4O5S/c1-21(2)47-29-20-28(38)30(48(5,45)46)19-27(29)32-40-34(3,23-6-10-25(36)11-7-23)35(4,24-8-12-26(37)13-9-24)42(32)33(44)41-16-14-22(15-17-41)18-31(39)43/h6-13,19-22H,14-18H2,1-5H3,(H2,39,43). The van der Waals surface area contributed by atoms with E-state index in [1.54, 1.807) is 34.1 Å². The first-order chi connectivity index (χ1) is 22.5. The molecule has 0 radical (unpaired) electrons. The second kappa shape index (κ2) is 13.5. The predicted octanol–water partition coefficient (Wildman–Crippen LogP) is 7.44. The third-order valence-electron chi connectivity index (χ3n) is 9.35. The third-order valence-corrected chi connectivity index (χ3v) is 11.4. The van der Waals surface area contributed by atoms with Crippen LogP contribution >= 0.6 is 34.8 Å². The molecule has 1 saturated heterocycles. The molecule has 0 saturated carbocycles. The van der Waals surface area contributed by atoms with Gasteiger partial charge in [-0.2, -0.15) is 0 Å². The second-order valence-corrected chi connectivity index (χ2v) is 16.3. The molecule has 9 nitrogen and oxygen atoms in total. The minimum absolute atomic E-state index is 0.00850. The Kier molecular flexibility index (Phi) is 10.1. The summed E-state index contributed by atoms with van der Waals surface area (Å²) in [4.78, 5) is 35.3. The highest BCUT2D eigenvalue weighted by atomic mass is 35.5. The number of likely N-dealkylation sites (tertiary alicyclic amines) is 1. The first kappa shape index (κ1) is 36.0. The van der Waals surface area contributed by atoms with Crippen molar-refractivity contribution in [2.45, 2.75) is 69.0 Å². The van der Waals surface area contributed by atoms with Gasteiger partial charge in [-0.25, -0.2) is 13.2 Å². The molecule has 0 aliphatic carbocycles. The summed E-state index contributed by atoms with van der Waals surface area (Å²) in [6.45, 7) is 8.34. The van der Waals surface area contributed by atoms with E-state index in [1.807, 2.05) is 52.0 Å². The monoisotopic (exact) mass is 732 g/mol. The quantitative estimate of drug-likeness (QED) is 0.258. The molecule has 2 heterocycles. The normalized spacial score (nSPS) is 21.8. The topological polar surface area (TPSA) is 122 Å². The van der Waals surface area contributed by atoms with E-state index in [4.69, 9.17) is 50.3 Å². The fourth-order valence-corrected chi connectivity index (χ4v) is 8.24. The lowest BCUT2D eigenvalue weighted by atomic mass is 9.71. The number of aliphatic imine (C=N–C) groups is 1. The van der Waals surface area contributed by atoms with Gasteiger partial charge in [-0.3, -0.25) is 14.7 Å². The first-order valence-corrected chi connectivity index (χ1v) is 18.7. The van der Waals surface area contributed by atoms with Gasteiger partial charge < -0.3 is 15.4 Å². The molecule has 3 aromatic carbocycles. The number of carbonyl (C=O) groups is 2. The zero-order chi connectivity index (χ0) is 35.2. The van der Waals surface area contributed by atoms with Crippen LogP contribution in [-0.4, -0.2) is 61.4 Å². The lowest BCUT2D eigenvalue weighted by Crippen LogP contribution is -2.59. The van der Waals surface area contributed by atoms with Gasteiger partial charge in [-0.1, -0.05) is 59.1 Å². The number of rotatable bonds is 8. The van der Waals surface area contributed by atoms with Gasteiger partial charge in [0, 0.05) is 41.9 Å². The Bertz CT molecular complexity index is 1860. The maximum Gasteiger partial charge on any atom is 0.326 e. The Morgan fingerprint density at radius 1 is 0.958 bits per heavy atom. The predicted molar refractivity (Wildman–Crippen MR) is 190 cm³/mol. The largest absolute Gasteiger partial charge is 0.490 e. The summed E-state index contributed by atoms with van der Waals surface area (Å²) in [5.41, 5.74) is 4.95. The number of primary amides is 1. The fraction of sp³-hybridized carbons (Fsp3) is 0.400. The van der Waals surface area contributed by atoms with Crippen LogP contribution in [0.1, 0.15) is 63.6 Å². The fourth-order valence-electron chi connectivity index (χ4n) is 6.67. The molecule has 256 valence electrons. The number of halogens is 3. The lowest BCUT2D eigenvalue weighted by Gasteiger charge is -2.47. The Hall–Kier alpha value is -3.31. The second-order valence-electron chi connectivity index (χ2n) is 13.0. The van der Waals surface area contributed by atoms with Gasteiger partial charge in [0.25, 0.3) is 0 Å². The van der Waals surface area contributed by atoms with Crippen LogP contribution in [0.3, 0.4) is 0 Å². The molecule has 48 heavy (non-hydrogen) atoms. The average molecular weight is 734 g/mol. The number of ether oxygens (including phenoxy) is 1. The van der Waals surface area contributed by atoms with E-state index in [0.29, 0.717) is 41.5 Å². The summed E-state index contributed by atoms with van der Waals surface area (Å²) >= 11 is 19.2. The van der Waals surface area contributed by atoms with Gasteiger partial charge >= 0.3 is 6.03 Å². The zero-order valence-electron chi connectivity index (χ0n) is 27.5. The molecule has 3 amide bonds. The van der Waals surface area contributed by atoms with Crippen molar-refractivity contribution in [3.8, 4) is 5.75 Å². The molecular formula is C35H39Cl3N4O5S. The summed E-state index contributed by atoms with van der Waals surface area (Å²) in [6.07, 6.45) is 2.21. The van der Waals surface area contributed by atoms with Crippen LogP contribution in [0.2, 0.25) is 15.1 Å². The van der Waals surface area contributed by atoms with Gasteiger partial charge in [-0.05, 0) is 87.9 Å². The number of hydrogen-bond acceptors (Lipinski definition) is 6. The maximum atomic E-state index is 15.1. The molecule has 2 unspecified atom stereocenters. The number of nitrogens with two attached hydrogens (primary N) is 1. The van der Waals surface area contributed by atoms with E-state index in [-0.39, 0.29) is 51.9 Å². The van der Waals surface area contributed by atoms with Crippen molar-refractivity contribution in [3.63, 3.8) is 0 Å². The molecular weight excluding hydrogens is 695 g/mol. The van der Waals surface area contributed by atoms with E-state index in [1.165, 1.54) is 12.1 Å². The number of carbonyl (C=O) groups excluding carboxylic acids is 2.